The molecule has 550 valence electrons. The quantitative estimate of drug-likeness (QED) is 0.0211. The van der Waals surface area contributed by atoms with Gasteiger partial charge in [-0.2, -0.15) is 0 Å². The van der Waals surface area contributed by atoms with Crippen molar-refractivity contribution in [1.82, 2.24) is 0 Å². The standard InChI is InChI=1S/C86H148NO8P/c1-6-8-10-12-14-16-18-20-22-24-26-28-30-32-34-36-38-40-41-42-43-44-45-47-49-51-53-55-57-59-61-63-65-67-69-71-73-75-77-79-86(89)95-84(83-94-96(90,91)93-81-80-87(3,4)5)82-92-85(88)78-76-74-72-70-68-66-64-62-60-58-56-54-52-50-48-46-39-37-35-33-31-29-27-25-23-21-19-17-15-13-11-9-7-2/h8-11,14-17,20-23,26-29,32-35,38-40,46,84H,6-7,12-13,18-19,24-25,30-31,36-37,41-45,47-83H2,1-5H3/p+1/b10-8-,11-9-,16-14-,17-15-,22-20-,23-21-,28-26-,29-27-,34-32-,35-33-,40-38-,46-39-. The summed E-state index contributed by atoms with van der Waals surface area (Å²) in [4.78, 5) is 36.0. The first-order valence-corrected chi connectivity index (χ1v) is 41.1. The molecule has 0 aliphatic carbocycles. The van der Waals surface area contributed by atoms with Crippen LogP contribution in [0, 0.1) is 0 Å². The van der Waals surface area contributed by atoms with Gasteiger partial charge in [-0.15, -0.1) is 0 Å². The zero-order chi connectivity index (χ0) is 69.7. The molecular weight excluding hydrogens is 1210 g/mol. The molecule has 0 aliphatic rings. The molecule has 0 fully saturated rings. The molecule has 0 spiro atoms. The predicted molar refractivity (Wildman–Crippen MR) is 417 cm³/mol. The number of esters is 2. The second kappa shape index (κ2) is 75.1. The van der Waals surface area contributed by atoms with Gasteiger partial charge in [-0.3, -0.25) is 18.6 Å². The maximum Gasteiger partial charge on any atom is 0.472 e. The third-order valence-electron chi connectivity index (χ3n) is 16.9. The van der Waals surface area contributed by atoms with Gasteiger partial charge in [0.15, 0.2) is 6.10 Å². The minimum atomic E-state index is -4.40. The van der Waals surface area contributed by atoms with Crippen molar-refractivity contribution < 1.29 is 42.1 Å². The Morgan fingerprint density at radius 3 is 0.833 bits per heavy atom. The average molecular weight is 1360 g/mol. The van der Waals surface area contributed by atoms with Crippen LogP contribution in [0.3, 0.4) is 0 Å². The summed E-state index contributed by atoms with van der Waals surface area (Å²) in [6.45, 7) is 4.23. The van der Waals surface area contributed by atoms with E-state index in [-0.39, 0.29) is 32.0 Å². The summed E-state index contributed by atoms with van der Waals surface area (Å²) in [5, 5.41) is 0. The van der Waals surface area contributed by atoms with Crippen molar-refractivity contribution in [3.05, 3.63) is 146 Å². The van der Waals surface area contributed by atoms with Crippen molar-refractivity contribution in [2.45, 2.75) is 341 Å². The number of phosphoric acid groups is 1. The lowest BCUT2D eigenvalue weighted by molar-refractivity contribution is -0.870. The van der Waals surface area contributed by atoms with Crippen LogP contribution in [-0.2, 0) is 32.7 Å². The van der Waals surface area contributed by atoms with Gasteiger partial charge in [0.05, 0.1) is 27.7 Å². The van der Waals surface area contributed by atoms with Crippen LogP contribution in [0.1, 0.15) is 335 Å². The maximum absolute atomic E-state index is 12.9. The molecule has 2 atom stereocenters. The van der Waals surface area contributed by atoms with Crippen LogP contribution in [0.5, 0.6) is 0 Å². The van der Waals surface area contributed by atoms with E-state index < -0.39 is 26.5 Å². The normalized spacial score (nSPS) is 13.9. The summed E-state index contributed by atoms with van der Waals surface area (Å²) >= 11 is 0. The monoisotopic (exact) mass is 1360 g/mol. The van der Waals surface area contributed by atoms with Crippen molar-refractivity contribution in [2.75, 3.05) is 47.5 Å². The Balaban J connectivity index is 3.98. The van der Waals surface area contributed by atoms with Gasteiger partial charge in [-0.25, -0.2) is 4.57 Å². The predicted octanol–water partition coefficient (Wildman–Crippen LogP) is 26.5. The lowest BCUT2D eigenvalue weighted by atomic mass is 10.0. The lowest BCUT2D eigenvalue weighted by Gasteiger charge is -2.24. The average Bonchev–Trinajstić information content (AvgIpc) is 1.98. The molecule has 0 heterocycles. The van der Waals surface area contributed by atoms with Crippen molar-refractivity contribution >= 4 is 19.8 Å². The number of quaternary nitrogens is 1. The molecule has 0 bridgehead atoms. The number of hydrogen-bond donors (Lipinski definition) is 1. The largest absolute Gasteiger partial charge is 0.472 e. The highest BCUT2D eigenvalue weighted by molar-refractivity contribution is 7.47. The molecule has 0 amide bonds. The molecule has 96 heavy (non-hydrogen) atoms. The highest BCUT2D eigenvalue weighted by Gasteiger charge is 2.27. The van der Waals surface area contributed by atoms with E-state index in [4.69, 9.17) is 18.5 Å². The molecule has 10 heteroatoms. The molecular formula is C86H149NO8P+. The zero-order valence-electron chi connectivity index (χ0n) is 62.8. The van der Waals surface area contributed by atoms with Crippen molar-refractivity contribution in [3.63, 3.8) is 0 Å². The fourth-order valence-corrected chi connectivity index (χ4v) is 11.7. The maximum atomic E-state index is 12.9. The third-order valence-corrected chi connectivity index (χ3v) is 17.8. The summed E-state index contributed by atoms with van der Waals surface area (Å²) in [7, 11) is 1.48. The fourth-order valence-electron chi connectivity index (χ4n) is 10.9. The highest BCUT2D eigenvalue weighted by atomic mass is 31.2. The van der Waals surface area contributed by atoms with Crippen LogP contribution in [0.2, 0.25) is 0 Å². The van der Waals surface area contributed by atoms with Gasteiger partial charge in [0.1, 0.15) is 19.8 Å². The summed E-state index contributed by atoms with van der Waals surface area (Å²) in [5.74, 6) is -0.790. The summed E-state index contributed by atoms with van der Waals surface area (Å²) in [6.07, 6.45) is 111. The smallest absolute Gasteiger partial charge is 0.462 e. The molecule has 0 aliphatic heterocycles. The molecule has 0 aromatic rings. The Morgan fingerprint density at radius 2 is 0.562 bits per heavy atom. The van der Waals surface area contributed by atoms with E-state index in [1.807, 2.05) is 21.1 Å². The van der Waals surface area contributed by atoms with Gasteiger partial charge in [-0.05, 0) is 116 Å². The van der Waals surface area contributed by atoms with E-state index in [2.05, 4.69) is 160 Å². The van der Waals surface area contributed by atoms with Crippen LogP contribution in [-0.4, -0.2) is 74.9 Å². The number of allylic oxidation sites excluding steroid dienone is 24. The Hall–Kier alpha value is -4.11. The number of nitrogens with zero attached hydrogens (tertiary/aromatic N) is 1. The van der Waals surface area contributed by atoms with E-state index in [9.17, 15) is 19.0 Å². The van der Waals surface area contributed by atoms with Crippen molar-refractivity contribution in [2.24, 2.45) is 0 Å². The minimum Gasteiger partial charge on any atom is -0.462 e. The van der Waals surface area contributed by atoms with Gasteiger partial charge in [-0.1, -0.05) is 352 Å². The summed E-state index contributed by atoms with van der Waals surface area (Å²) < 4.78 is 34.8. The number of carbonyl (C=O) groups is 2. The molecule has 9 nitrogen and oxygen atoms in total. The van der Waals surface area contributed by atoms with Crippen molar-refractivity contribution in [1.29, 1.82) is 0 Å². The van der Waals surface area contributed by atoms with E-state index in [0.29, 0.717) is 17.4 Å². The Labute approximate surface area is 593 Å². The first kappa shape index (κ1) is 91.9. The van der Waals surface area contributed by atoms with Crippen LogP contribution in [0.15, 0.2) is 146 Å². The second-order valence-electron chi connectivity index (χ2n) is 27.3. The van der Waals surface area contributed by atoms with E-state index in [1.165, 1.54) is 193 Å². The Bertz CT molecular complexity index is 2140. The van der Waals surface area contributed by atoms with Gasteiger partial charge >= 0.3 is 19.8 Å². The van der Waals surface area contributed by atoms with E-state index in [0.717, 1.165) is 109 Å². The Morgan fingerprint density at radius 1 is 0.323 bits per heavy atom. The number of unbranched alkanes of at least 4 members (excludes halogenated alkanes) is 34. The first-order chi connectivity index (χ1) is 47.0. The molecule has 2 unspecified atom stereocenters. The second-order valence-corrected chi connectivity index (χ2v) is 28.8. The van der Waals surface area contributed by atoms with E-state index in [1.54, 1.807) is 0 Å². The number of likely N-dealkylation sites (N-methyl/N-ethyl adjacent to an activating group) is 1. The molecule has 1 N–H and O–H groups in total. The number of rotatable bonds is 72. The van der Waals surface area contributed by atoms with Crippen LogP contribution in [0.25, 0.3) is 0 Å². The van der Waals surface area contributed by atoms with Crippen molar-refractivity contribution in [3.8, 4) is 0 Å². The van der Waals surface area contributed by atoms with Crippen LogP contribution >= 0.6 is 7.82 Å². The van der Waals surface area contributed by atoms with Crippen LogP contribution in [0.4, 0.5) is 0 Å². The number of ether oxygens (including phenoxy) is 2. The van der Waals surface area contributed by atoms with Gasteiger partial charge < -0.3 is 18.9 Å². The molecule has 0 rings (SSSR count). The number of hydrogen-bond acceptors (Lipinski definition) is 7. The molecule has 0 aromatic carbocycles. The highest BCUT2D eigenvalue weighted by Crippen LogP contribution is 2.43. The minimum absolute atomic E-state index is 0.0282. The van der Waals surface area contributed by atoms with Gasteiger partial charge in [0, 0.05) is 12.8 Å². The zero-order valence-corrected chi connectivity index (χ0v) is 63.7. The molecule has 0 radical (unpaired) electrons. The van der Waals surface area contributed by atoms with E-state index >= 15 is 0 Å². The fraction of sp³-hybridized carbons (Fsp3) is 0.698. The molecule has 0 aromatic heterocycles. The summed E-state index contributed by atoms with van der Waals surface area (Å²) in [6, 6.07) is 0. The Kier molecular flexibility index (Phi) is 71.9. The molecule has 0 saturated heterocycles. The van der Waals surface area contributed by atoms with Gasteiger partial charge in [0.25, 0.3) is 0 Å². The van der Waals surface area contributed by atoms with Gasteiger partial charge in [0.2, 0.25) is 0 Å². The molecule has 0 saturated carbocycles. The lowest BCUT2D eigenvalue weighted by Crippen LogP contribution is -2.37. The third kappa shape index (κ3) is 78.9. The topological polar surface area (TPSA) is 108 Å². The number of carbonyl (C=O) groups excluding carboxylic acids is 2. The number of phosphoric ester groups is 1. The summed E-state index contributed by atoms with van der Waals surface area (Å²) in [5.41, 5.74) is 0. The SMILES string of the molecule is CC/C=C\C/C=C\C/C=C\C/C=C\C/C=C\C/C=C\CCCCCCCCCCCCCCCCCCCCCCC(=O)OC(COC(=O)CCCCCCCCCCCCCCCC/C=C\C/C=C\C/C=C\C/C=C\C/C=C\C/C=C\CC)COP(=O)(O)OCC[N+](C)(C)C. The first-order valence-electron chi connectivity index (χ1n) is 39.6. The van der Waals surface area contributed by atoms with Crippen LogP contribution < -0.4 is 0 Å².